The van der Waals surface area contributed by atoms with Gasteiger partial charge in [0.1, 0.15) is 10.6 Å². The van der Waals surface area contributed by atoms with E-state index < -0.39 is 0 Å². The average molecular weight is 292 g/mol. The highest BCUT2D eigenvalue weighted by atomic mass is 32.1. The summed E-state index contributed by atoms with van der Waals surface area (Å²) in [5.41, 5.74) is 0. The van der Waals surface area contributed by atoms with Crippen LogP contribution >= 0.6 is 11.3 Å². The smallest absolute Gasteiger partial charge is 0.226 e. The number of nitrogens with one attached hydrogen (secondary N) is 1. The summed E-state index contributed by atoms with van der Waals surface area (Å²) in [4.78, 5) is 14.1. The minimum absolute atomic E-state index is 0.433. The molecule has 0 fully saturated rings. The molecule has 0 aliphatic carbocycles. The van der Waals surface area contributed by atoms with E-state index in [9.17, 15) is 0 Å². The lowest BCUT2D eigenvalue weighted by molar-refractivity contribution is 0.664. The number of hydrogen-bond donors (Lipinski definition) is 1. The van der Waals surface area contributed by atoms with Gasteiger partial charge in [0, 0.05) is 24.0 Å². The third-order valence-corrected chi connectivity index (χ3v) is 4.13. The first-order chi connectivity index (χ1) is 9.56. The summed E-state index contributed by atoms with van der Waals surface area (Å²) in [5.74, 6) is 1.80. The molecular weight excluding hydrogens is 268 g/mol. The van der Waals surface area contributed by atoms with Crippen molar-refractivity contribution < 1.29 is 0 Å². The van der Waals surface area contributed by atoms with Crippen molar-refractivity contribution in [3.63, 3.8) is 0 Å². The molecule has 0 aliphatic rings. The van der Waals surface area contributed by atoms with E-state index in [0.29, 0.717) is 6.04 Å². The highest BCUT2D eigenvalue weighted by Gasteiger charge is 2.18. The minimum atomic E-state index is 0.433. The van der Waals surface area contributed by atoms with Crippen LogP contribution in [0.25, 0.3) is 10.2 Å². The molecule has 2 aromatic rings. The van der Waals surface area contributed by atoms with Crippen LogP contribution in [-0.2, 0) is 0 Å². The predicted octanol–water partition coefficient (Wildman–Crippen LogP) is 4.06. The second-order valence-electron chi connectivity index (χ2n) is 5.26. The second-order valence-corrected chi connectivity index (χ2v) is 6.50. The lowest BCUT2D eigenvalue weighted by atomic mass is 10.2. The summed E-state index contributed by atoms with van der Waals surface area (Å²) in [6.07, 6.45) is 1.11. The van der Waals surface area contributed by atoms with Gasteiger partial charge in [-0.05, 0) is 40.2 Å². The lowest BCUT2D eigenvalue weighted by Crippen LogP contribution is -2.32. The normalized spacial score (nSPS) is 11.3. The van der Waals surface area contributed by atoms with E-state index in [2.05, 4.69) is 55.9 Å². The molecule has 0 saturated carbocycles. The lowest BCUT2D eigenvalue weighted by Gasteiger charge is -2.28. The van der Waals surface area contributed by atoms with Gasteiger partial charge in [0.15, 0.2) is 0 Å². The third kappa shape index (κ3) is 3.03. The maximum absolute atomic E-state index is 4.75. The standard InChI is InChI=1S/C15H24N4S/c1-6-8-19(10(3)4)13-12-9-11(5)20-14(12)18-15(17-13)16-7-2/h9-10H,6-8H2,1-5H3,(H,16,17,18). The summed E-state index contributed by atoms with van der Waals surface area (Å²) in [7, 11) is 0. The van der Waals surface area contributed by atoms with Crippen LogP contribution in [0.2, 0.25) is 0 Å². The molecule has 0 aliphatic heterocycles. The SMILES string of the molecule is CCCN(c1nc(NCC)nc2sc(C)cc12)C(C)C. The van der Waals surface area contributed by atoms with E-state index >= 15 is 0 Å². The second kappa shape index (κ2) is 6.39. The molecule has 5 heteroatoms. The highest BCUT2D eigenvalue weighted by molar-refractivity contribution is 7.18. The van der Waals surface area contributed by atoms with Crippen LogP contribution < -0.4 is 10.2 Å². The van der Waals surface area contributed by atoms with Gasteiger partial charge in [-0.25, -0.2) is 4.98 Å². The van der Waals surface area contributed by atoms with Crippen LogP contribution in [0.5, 0.6) is 0 Å². The van der Waals surface area contributed by atoms with E-state index in [1.54, 1.807) is 11.3 Å². The Morgan fingerprint density at radius 3 is 2.65 bits per heavy atom. The van der Waals surface area contributed by atoms with Gasteiger partial charge in [-0.1, -0.05) is 6.92 Å². The maximum atomic E-state index is 4.75. The zero-order valence-electron chi connectivity index (χ0n) is 13.0. The van der Waals surface area contributed by atoms with Crippen LogP contribution in [0.15, 0.2) is 6.07 Å². The van der Waals surface area contributed by atoms with Crippen molar-refractivity contribution in [3.8, 4) is 0 Å². The minimum Gasteiger partial charge on any atom is -0.354 e. The van der Waals surface area contributed by atoms with E-state index in [1.807, 2.05) is 0 Å². The molecule has 2 heterocycles. The molecule has 0 radical (unpaired) electrons. The van der Waals surface area contributed by atoms with E-state index in [1.165, 1.54) is 10.3 Å². The number of aromatic nitrogens is 2. The van der Waals surface area contributed by atoms with Crippen LogP contribution in [0, 0.1) is 6.92 Å². The third-order valence-electron chi connectivity index (χ3n) is 3.19. The van der Waals surface area contributed by atoms with Crippen molar-refractivity contribution in [3.05, 3.63) is 10.9 Å². The predicted molar refractivity (Wildman–Crippen MR) is 89.1 cm³/mol. The van der Waals surface area contributed by atoms with E-state index in [4.69, 9.17) is 4.98 Å². The van der Waals surface area contributed by atoms with Crippen LogP contribution in [0.3, 0.4) is 0 Å². The average Bonchev–Trinajstić information content (AvgIpc) is 2.75. The first-order valence-electron chi connectivity index (χ1n) is 7.35. The van der Waals surface area contributed by atoms with Gasteiger partial charge in [-0.15, -0.1) is 11.3 Å². The molecule has 0 spiro atoms. The molecule has 0 amide bonds. The zero-order chi connectivity index (χ0) is 14.7. The van der Waals surface area contributed by atoms with Gasteiger partial charge in [-0.2, -0.15) is 4.98 Å². The van der Waals surface area contributed by atoms with Crippen LogP contribution in [0.4, 0.5) is 11.8 Å². The molecule has 0 unspecified atom stereocenters. The number of rotatable bonds is 6. The Kier molecular flexibility index (Phi) is 4.81. The van der Waals surface area contributed by atoms with Crippen molar-refractivity contribution in [2.45, 2.75) is 47.1 Å². The molecule has 2 aromatic heterocycles. The van der Waals surface area contributed by atoms with Crippen molar-refractivity contribution in [2.75, 3.05) is 23.3 Å². The van der Waals surface area contributed by atoms with Gasteiger partial charge in [-0.3, -0.25) is 0 Å². The van der Waals surface area contributed by atoms with Gasteiger partial charge in [0.25, 0.3) is 0 Å². The maximum Gasteiger partial charge on any atom is 0.226 e. The van der Waals surface area contributed by atoms with Crippen LogP contribution in [-0.4, -0.2) is 29.1 Å². The monoisotopic (exact) mass is 292 g/mol. The van der Waals surface area contributed by atoms with Crippen molar-refractivity contribution >= 4 is 33.3 Å². The molecule has 0 atom stereocenters. The molecule has 0 bridgehead atoms. The Hall–Kier alpha value is -1.36. The molecular formula is C15H24N4S. The van der Waals surface area contributed by atoms with Crippen molar-refractivity contribution in [2.24, 2.45) is 0 Å². The molecule has 0 aromatic carbocycles. The summed E-state index contributed by atoms with van der Waals surface area (Å²) >= 11 is 1.74. The number of hydrogen-bond acceptors (Lipinski definition) is 5. The van der Waals surface area contributed by atoms with Crippen molar-refractivity contribution in [1.29, 1.82) is 0 Å². The first-order valence-corrected chi connectivity index (χ1v) is 8.17. The summed E-state index contributed by atoms with van der Waals surface area (Å²) < 4.78 is 0. The fourth-order valence-corrected chi connectivity index (χ4v) is 3.21. The molecule has 2 rings (SSSR count). The topological polar surface area (TPSA) is 41.1 Å². The molecule has 1 N–H and O–H groups in total. The zero-order valence-corrected chi connectivity index (χ0v) is 13.8. The summed E-state index contributed by atoms with van der Waals surface area (Å²) in [6, 6.07) is 2.64. The number of aryl methyl sites for hydroxylation is 1. The fourth-order valence-electron chi connectivity index (χ4n) is 2.33. The number of anilines is 2. The Labute approximate surface area is 125 Å². The Morgan fingerprint density at radius 2 is 2.05 bits per heavy atom. The largest absolute Gasteiger partial charge is 0.354 e. The Bertz CT molecular complexity index is 577. The van der Waals surface area contributed by atoms with Gasteiger partial charge in [0.2, 0.25) is 5.95 Å². The van der Waals surface area contributed by atoms with Crippen LogP contribution in [0.1, 0.15) is 39.0 Å². The van der Waals surface area contributed by atoms with Gasteiger partial charge < -0.3 is 10.2 Å². The first kappa shape index (κ1) is 15.0. The molecule has 20 heavy (non-hydrogen) atoms. The van der Waals surface area contributed by atoms with E-state index in [-0.39, 0.29) is 0 Å². The number of thiophene rings is 1. The summed E-state index contributed by atoms with van der Waals surface area (Å²) in [5, 5.41) is 4.42. The molecule has 4 nitrogen and oxygen atoms in total. The Morgan fingerprint density at radius 1 is 1.30 bits per heavy atom. The fraction of sp³-hybridized carbons (Fsp3) is 0.600. The Balaban J connectivity index is 2.57. The van der Waals surface area contributed by atoms with Gasteiger partial charge >= 0.3 is 0 Å². The highest BCUT2D eigenvalue weighted by Crippen LogP contribution is 2.32. The quantitative estimate of drug-likeness (QED) is 0.872. The summed E-state index contributed by atoms with van der Waals surface area (Å²) in [6.45, 7) is 12.7. The van der Waals surface area contributed by atoms with E-state index in [0.717, 1.165) is 36.1 Å². The van der Waals surface area contributed by atoms with Gasteiger partial charge in [0.05, 0.1) is 5.39 Å². The number of fused-ring (bicyclic) bond motifs is 1. The molecule has 110 valence electrons. The molecule has 0 saturated heterocycles. The number of nitrogens with zero attached hydrogens (tertiary/aromatic N) is 3. The van der Waals surface area contributed by atoms with Crippen molar-refractivity contribution in [1.82, 2.24) is 9.97 Å².